The Bertz CT molecular complexity index is 799. The second-order valence-corrected chi connectivity index (χ2v) is 6.87. The molecule has 31 heavy (non-hydrogen) atoms. The third-order valence-corrected chi connectivity index (χ3v) is 4.51. The first-order valence-electron chi connectivity index (χ1n) is 10.9. The van der Waals surface area contributed by atoms with Crippen LogP contribution in [0.1, 0.15) is 59.7 Å². The van der Waals surface area contributed by atoms with Gasteiger partial charge in [-0.2, -0.15) is 0 Å². The number of hydrogen-bond donors (Lipinski definition) is 2. The number of halogens is 2. The fourth-order valence-electron chi connectivity index (χ4n) is 3.03. The minimum Gasteiger partial charge on any atom is -0.404 e. The van der Waals surface area contributed by atoms with E-state index in [0.717, 1.165) is 11.3 Å². The summed E-state index contributed by atoms with van der Waals surface area (Å²) in [4.78, 5) is 14.8. The Morgan fingerprint density at radius 1 is 1.35 bits per heavy atom. The molecular formula is C23H36F2N6. The maximum atomic E-state index is 13.9. The monoisotopic (exact) mass is 434 g/mol. The number of rotatable bonds is 8. The van der Waals surface area contributed by atoms with Gasteiger partial charge in [-0.05, 0) is 32.8 Å². The molecule has 2 heterocycles. The lowest BCUT2D eigenvalue weighted by Gasteiger charge is -2.33. The van der Waals surface area contributed by atoms with Crippen molar-refractivity contribution in [2.75, 3.05) is 29.9 Å². The van der Waals surface area contributed by atoms with Crippen LogP contribution in [0.15, 0.2) is 41.2 Å². The summed E-state index contributed by atoms with van der Waals surface area (Å²) in [5.41, 5.74) is 7.38. The van der Waals surface area contributed by atoms with E-state index in [4.69, 9.17) is 5.73 Å². The van der Waals surface area contributed by atoms with E-state index in [2.05, 4.69) is 20.3 Å². The van der Waals surface area contributed by atoms with Crippen molar-refractivity contribution in [3.63, 3.8) is 0 Å². The van der Waals surface area contributed by atoms with Crippen molar-refractivity contribution in [1.82, 2.24) is 9.97 Å². The highest BCUT2D eigenvalue weighted by molar-refractivity contribution is 5.63. The van der Waals surface area contributed by atoms with E-state index >= 15 is 0 Å². The Morgan fingerprint density at radius 2 is 2.10 bits per heavy atom. The fourth-order valence-corrected chi connectivity index (χ4v) is 3.03. The average molecular weight is 435 g/mol. The SMILES string of the molecule is CC.CC=N/C(C)=C\C=C\CNc1cc(N2CCCC(F)(F)C2)nc(/C(=C\N)CC)n1. The molecule has 0 atom stereocenters. The Balaban J connectivity index is 0.00000233. The van der Waals surface area contributed by atoms with Crippen molar-refractivity contribution in [2.45, 2.75) is 59.8 Å². The van der Waals surface area contributed by atoms with Gasteiger partial charge in [0.15, 0.2) is 5.82 Å². The minimum atomic E-state index is -2.71. The van der Waals surface area contributed by atoms with Gasteiger partial charge in [0.05, 0.1) is 6.54 Å². The van der Waals surface area contributed by atoms with E-state index < -0.39 is 5.92 Å². The van der Waals surface area contributed by atoms with Crippen molar-refractivity contribution in [1.29, 1.82) is 0 Å². The lowest BCUT2D eigenvalue weighted by molar-refractivity contribution is -0.0118. The van der Waals surface area contributed by atoms with Crippen LogP contribution in [0, 0.1) is 0 Å². The number of allylic oxidation sites excluding steroid dienone is 4. The number of hydrogen-bond acceptors (Lipinski definition) is 6. The number of nitrogens with one attached hydrogen (secondary N) is 1. The summed E-state index contributed by atoms with van der Waals surface area (Å²) in [6.45, 7) is 10.5. The molecule has 0 aromatic carbocycles. The van der Waals surface area contributed by atoms with Gasteiger partial charge in [0.1, 0.15) is 11.6 Å². The molecule has 0 saturated carbocycles. The second kappa shape index (κ2) is 13.5. The zero-order chi connectivity index (χ0) is 23.3. The predicted molar refractivity (Wildman–Crippen MR) is 128 cm³/mol. The van der Waals surface area contributed by atoms with Gasteiger partial charge in [0, 0.05) is 49.3 Å². The van der Waals surface area contributed by atoms with Crippen molar-refractivity contribution in [3.8, 4) is 0 Å². The maximum Gasteiger partial charge on any atom is 0.265 e. The van der Waals surface area contributed by atoms with Crippen LogP contribution in [-0.4, -0.2) is 41.7 Å². The molecule has 1 aliphatic rings. The first kappa shape index (κ1) is 26.3. The summed E-state index contributed by atoms with van der Waals surface area (Å²) in [6.07, 6.45) is 9.94. The van der Waals surface area contributed by atoms with Crippen molar-refractivity contribution >= 4 is 23.4 Å². The molecule has 0 spiro atoms. The van der Waals surface area contributed by atoms with Crippen molar-refractivity contribution < 1.29 is 8.78 Å². The van der Waals surface area contributed by atoms with Crippen LogP contribution in [0.2, 0.25) is 0 Å². The van der Waals surface area contributed by atoms with Crippen molar-refractivity contribution in [3.05, 3.63) is 42.0 Å². The first-order chi connectivity index (χ1) is 14.9. The van der Waals surface area contributed by atoms with Crippen LogP contribution in [0.3, 0.4) is 0 Å². The highest BCUT2D eigenvalue weighted by Crippen LogP contribution is 2.30. The summed E-state index contributed by atoms with van der Waals surface area (Å²) in [5, 5.41) is 3.21. The number of nitrogens with two attached hydrogens (primary N) is 1. The minimum absolute atomic E-state index is 0.0880. The molecule has 1 fully saturated rings. The van der Waals surface area contributed by atoms with Gasteiger partial charge in [-0.3, -0.25) is 4.99 Å². The molecule has 3 N–H and O–H groups in total. The molecule has 1 aliphatic heterocycles. The zero-order valence-electron chi connectivity index (χ0n) is 19.3. The summed E-state index contributed by atoms with van der Waals surface area (Å²) < 4.78 is 27.8. The number of aliphatic imine (C=N–C) groups is 1. The Morgan fingerprint density at radius 3 is 2.71 bits per heavy atom. The highest BCUT2D eigenvalue weighted by atomic mass is 19.3. The van der Waals surface area contributed by atoms with Crippen LogP contribution in [0.25, 0.3) is 5.57 Å². The van der Waals surface area contributed by atoms with Gasteiger partial charge in [0.25, 0.3) is 5.92 Å². The molecule has 6 nitrogen and oxygen atoms in total. The summed E-state index contributed by atoms with van der Waals surface area (Å²) in [7, 11) is 0. The Hall–Kier alpha value is -2.77. The molecule has 1 aromatic heterocycles. The predicted octanol–water partition coefficient (Wildman–Crippen LogP) is 5.41. The fraction of sp³-hybridized carbons (Fsp3) is 0.522. The van der Waals surface area contributed by atoms with E-state index in [-0.39, 0.29) is 13.0 Å². The molecule has 1 aromatic rings. The molecule has 0 radical (unpaired) electrons. The normalized spacial score (nSPS) is 17.1. The number of piperidine rings is 1. The molecule has 172 valence electrons. The largest absolute Gasteiger partial charge is 0.404 e. The lowest BCUT2D eigenvalue weighted by Crippen LogP contribution is -2.43. The van der Waals surface area contributed by atoms with E-state index in [1.165, 1.54) is 6.20 Å². The van der Waals surface area contributed by atoms with E-state index in [9.17, 15) is 8.78 Å². The average Bonchev–Trinajstić information content (AvgIpc) is 2.75. The van der Waals surface area contributed by atoms with Crippen LogP contribution < -0.4 is 16.0 Å². The number of nitrogens with zero attached hydrogens (tertiary/aromatic N) is 4. The van der Waals surface area contributed by atoms with Gasteiger partial charge >= 0.3 is 0 Å². The van der Waals surface area contributed by atoms with Crippen LogP contribution in [0.4, 0.5) is 20.4 Å². The lowest BCUT2D eigenvalue weighted by atomic mass is 10.1. The molecular weight excluding hydrogens is 398 g/mol. The standard InChI is InChI=1S/C21H30F2N6.C2H6/c1-4-17(14-24)20-27-18(26-11-7-6-9-16(3)25-5-2)13-19(28-20)29-12-8-10-21(22,23)15-29;1-2/h5-7,9,13-14H,4,8,10-12,15,24H2,1-3H3,(H,26,27,28);1-2H3/b7-6+,16-9-,17-14-,25-5?;. The molecule has 1 saturated heterocycles. The van der Waals surface area contributed by atoms with Crippen LogP contribution >= 0.6 is 0 Å². The quantitative estimate of drug-likeness (QED) is 0.422. The van der Waals surface area contributed by atoms with Crippen LogP contribution in [0.5, 0.6) is 0 Å². The second-order valence-electron chi connectivity index (χ2n) is 6.87. The molecule has 2 rings (SSSR count). The van der Waals surface area contributed by atoms with Gasteiger partial charge in [-0.15, -0.1) is 0 Å². The summed E-state index contributed by atoms with van der Waals surface area (Å²) in [6, 6.07) is 1.71. The number of anilines is 2. The topological polar surface area (TPSA) is 79.4 Å². The van der Waals surface area contributed by atoms with Crippen LogP contribution in [-0.2, 0) is 0 Å². The maximum absolute atomic E-state index is 13.9. The van der Waals surface area contributed by atoms with Gasteiger partial charge in [0.2, 0.25) is 0 Å². The van der Waals surface area contributed by atoms with E-state index in [0.29, 0.717) is 43.4 Å². The molecule has 8 heteroatoms. The molecule has 0 aliphatic carbocycles. The molecule has 0 bridgehead atoms. The first-order valence-corrected chi connectivity index (χ1v) is 10.9. The van der Waals surface area contributed by atoms with E-state index in [1.54, 1.807) is 17.2 Å². The summed E-state index contributed by atoms with van der Waals surface area (Å²) in [5.74, 6) is -1.19. The van der Waals surface area contributed by atoms with Gasteiger partial charge in [-0.25, -0.2) is 18.7 Å². The number of alkyl halides is 2. The van der Waals surface area contributed by atoms with E-state index in [1.807, 2.05) is 52.8 Å². The van der Waals surface area contributed by atoms with Crippen molar-refractivity contribution in [2.24, 2.45) is 10.7 Å². The van der Waals surface area contributed by atoms with Gasteiger partial charge < -0.3 is 16.0 Å². The van der Waals surface area contributed by atoms with Gasteiger partial charge in [-0.1, -0.05) is 32.9 Å². The molecule has 0 unspecified atom stereocenters. The zero-order valence-corrected chi connectivity index (χ0v) is 19.3. The Kier molecular flexibility index (Phi) is 11.5. The summed E-state index contributed by atoms with van der Waals surface area (Å²) >= 11 is 0. The third-order valence-electron chi connectivity index (χ3n) is 4.51. The Labute approximate surface area is 185 Å². The third kappa shape index (κ3) is 8.86. The highest BCUT2D eigenvalue weighted by Gasteiger charge is 2.35. The number of aromatic nitrogens is 2. The molecule has 0 amide bonds. The smallest absolute Gasteiger partial charge is 0.265 e.